The van der Waals surface area contributed by atoms with Gasteiger partial charge in [0.05, 0.1) is 34.0 Å². The second kappa shape index (κ2) is 8.22. The number of aromatic carboxylic acids is 1. The molecule has 4 aromatic heterocycles. The fraction of sp³-hybridized carbons (Fsp3) is 0.154. The number of hydrogen-bond donors (Lipinski definition) is 1. The molecule has 0 aliphatic heterocycles. The number of benzene rings is 1. The molecule has 0 saturated carbocycles. The minimum Gasteiger partial charge on any atom is -0.478 e. The number of aryl methyl sites for hydroxylation is 2. The molecule has 4 heterocycles. The smallest absolute Gasteiger partial charge is 0.338 e. The Balaban J connectivity index is 1.74. The van der Waals surface area contributed by atoms with Gasteiger partial charge in [0.2, 0.25) is 0 Å². The first-order chi connectivity index (χ1) is 16.3. The molecule has 0 saturated heterocycles. The maximum atomic E-state index is 14.5. The quantitative estimate of drug-likeness (QED) is 0.358. The predicted octanol–water partition coefficient (Wildman–Crippen LogP) is 5.82. The molecular formula is C26H21FN4O3. The SMILES string of the molecule is Cc1noc(C)c1-c1cnc2c(-c3ccc(C(=O)O)c(F)c3)cn([C@@H](C)c3ccccn3)c2c1. The van der Waals surface area contributed by atoms with Crippen LogP contribution in [-0.4, -0.2) is 30.8 Å². The highest BCUT2D eigenvalue weighted by Gasteiger charge is 2.21. The highest BCUT2D eigenvalue weighted by molar-refractivity contribution is 5.96. The molecule has 34 heavy (non-hydrogen) atoms. The van der Waals surface area contributed by atoms with E-state index in [4.69, 9.17) is 9.51 Å². The molecule has 0 bridgehead atoms. The summed E-state index contributed by atoms with van der Waals surface area (Å²) in [6, 6.07) is 11.7. The average Bonchev–Trinajstić information content (AvgIpc) is 3.38. The molecule has 0 aliphatic rings. The van der Waals surface area contributed by atoms with Crippen LogP contribution in [0.15, 0.2) is 65.6 Å². The lowest BCUT2D eigenvalue weighted by molar-refractivity contribution is 0.0692. The van der Waals surface area contributed by atoms with Crippen LogP contribution in [0.4, 0.5) is 4.39 Å². The van der Waals surface area contributed by atoms with Crippen molar-refractivity contribution in [3.05, 3.63) is 89.6 Å². The molecule has 0 amide bonds. The van der Waals surface area contributed by atoms with E-state index in [0.29, 0.717) is 22.4 Å². The minimum atomic E-state index is -1.31. The molecule has 1 aromatic carbocycles. The van der Waals surface area contributed by atoms with Gasteiger partial charge in [-0.25, -0.2) is 9.18 Å². The number of halogens is 1. The van der Waals surface area contributed by atoms with Crippen LogP contribution in [-0.2, 0) is 0 Å². The van der Waals surface area contributed by atoms with Crippen LogP contribution < -0.4 is 0 Å². The average molecular weight is 456 g/mol. The summed E-state index contributed by atoms with van der Waals surface area (Å²) in [4.78, 5) is 20.5. The Labute approximate surface area is 194 Å². The number of carboxylic acids is 1. The summed E-state index contributed by atoms with van der Waals surface area (Å²) in [6.07, 6.45) is 5.39. The zero-order valence-electron chi connectivity index (χ0n) is 18.8. The van der Waals surface area contributed by atoms with E-state index in [1.165, 1.54) is 12.1 Å². The van der Waals surface area contributed by atoms with E-state index in [1.807, 2.05) is 55.8 Å². The summed E-state index contributed by atoms with van der Waals surface area (Å²) in [5, 5.41) is 13.2. The van der Waals surface area contributed by atoms with Crippen molar-refractivity contribution < 1.29 is 18.8 Å². The number of hydrogen-bond acceptors (Lipinski definition) is 5. The van der Waals surface area contributed by atoms with Gasteiger partial charge in [-0.1, -0.05) is 17.3 Å². The molecule has 5 aromatic rings. The van der Waals surface area contributed by atoms with Gasteiger partial charge in [0.15, 0.2) is 0 Å². The van der Waals surface area contributed by atoms with E-state index < -0.39 is 11.8 Å². The highest BCUT2D eigenvalue weighted by Crippen LogP contribution is 2.36. The van der Waals surface area contributed by atoms with Crippen LogP contribution in [0.25, 0.3) is 33.3 Å². The highest BCUT2D eigenvalue weighted by atomic mass is 19.1. The van der Waals surface area contributed by atoms with Gasteiger partial charge in [0.1, 0.15) is 11.6 Å². The van der Waals surface area contributed by atoms with Crippen molar-refractivity contribution in [1.82, 2.24) is 19.7 Å². The van der Waals surface area contributed by atoms with Crippen molar-refractivity contribution in [3.63, 3.8) is 0 Å². The Hall–Kier alpha value is -4.33. The van der Waals surface area contributed by atoms with Crippen molar-refractivity contribution in [1.29, 1.82) is 0 Å². The number of carboxylic acid groups (broad SMARTS) is 1. The van der Waals surface area contributed by atoms with Gasteiger partial charge in [0, 0.05) is 35.3 Å². The standard InChI is InChI=1S/C26H21FN4O3/c1-14-24(16(3)34-30-14)18-11-23-25(29-12-18)20(17-7-8-19(26(32)33)21(27)10-17)13-31(23)15(2)22-6-4-5-9-28-22/h4-13,15H,1-3H3,(H,32,33)/t15-/m0/s1. The summed E-state index contributed by atoms with van der Waals surface area (Å²) < 4.78 is 21.9. The first kappa shape index (κ1) is 21.5. The van der Waals surface area contributed by atoms with Crippen molar-refractivity contribution in [3.8, 4) is 22.3 Å². The minimum absolute atomic E-state index is 0.137. The van der Waals surface area contributed by atoms with Crippen LogP contribution >= 0.6 is 0 Å². The van der Waals surface area contributed by atoms with Crippen LogP contribution in [0.2, 0.25) is 0 Å². The van der Waals surface area contributed by atoms with Crippen molar-refractivity contribution in [2.24, 2.45) is 0 Å². The van der Waals surface area contributed by atoms with Gasteiger partial charge in [-0.2, -0.15) is 0 Å². The summed E-state index contributed by atoms with van der Waals surface area (Å²) in [6.45, 7) is 5.76. The molecule has 1 N–H and O–H groups in total. The van der Waals surface area contributed by atoms with Crippen molar-refractivity contribution >= 4 is 17.0 Å². The zero-order chi connectivity index (χ0) is 24.0. The number of carbonyl (C=O) groups is 1. The molecule has 7 nitrogen and oxygen atoms in total. The number of fused-ring (bicyclic) bond motifs is 1. The van der Waals surface area contributed by atoms with E-state index in [-0.39, 0.29) is 11.6 Å². The number of rotatable bonds is 5. The maximum Gasteiger partial charge on any atom is 0.338 e. The molecule has 0 radical (unpaired) electrons. The molecule has 0 unspecified atom stereocenters. The first-order valence-corrected chi connectivity index (χ1v) is 10.7. The van der Waals surface area contributed by atoms with Crippen LogP contribution in [0, 0.1) is 19.7 Å². The maximum absolute atomic E-state index is 14.5. The van der Waals surface area contributed by atoms with E-state index in [9.17, 15) is 14.3 Å². The Morgan fingerprint density at radius 2 is 1.94 bits per heavy atom. The Kier molecular flexibility index (Phi) is 5.20. The third-order valence-corrected chi connectivity index (χ3v) is 6.03. The summed E-state index contributed by atoms with van der Waals surface area (Å²) in [7, 11) is 0. The zero-order valence-corrected chi connectivity index (χ0v) is 18.8. The fourth-order valence-electron chi connectivity index (χ4n) is 4.31. The Morgan fingerprint density at radius 3 is 2.59 bits per heavy atom. The Bertz CT molecular complexity index is 1520. The van der Waals surface area contributed by atoms with Gasteiger partial charge >= 0.3 is 5.97 Å². The number of pyridine rings is 2. The second-order valence-electron chi connectivity index (χ2n) is 8.17. The van der Waals surface area contributed by atoms with Gasteiger partial charge in [-0.3, -0.25) is 9.97 Å². The Morgan fingerprint density at radius 1 is 1.12 bits per heavy atom. The summed E-state index contributed by atoms with van der Waals surface area (Å²) in [5.41, 5.74) is 5.72. The topological polar surface area (TPSA) is 94.0 Å². The lowest BCUT2D eigenvalue weighted by Crippen LogP contribution is -2.07. The lowest BCUT2D eigenvalue weighted by Gasteiger charge is -2.15. The molecule has 0 spiro atoms. The number of aromatic nitrogens is 4. The van der Waals surface area contributed by atoms with E-state index >= 15 is 0 Å². The van der Waals surface area contributed by atoms with Gasteiger partial charge < -0.3 is 14.2 Å². The molecule has 1 atom stereocenters. The monoisotopic (exact) mass is 456 g/mol. The summed E-state index contributed by atoms with van der Waals surface area (Å²) in [5.74, 6) is -1.41. The van der Waals surface area contributed by atoms with Crippen LogP contribution in [0.5, 0.6) is 0 Å². The van der Waals surface area contributed by atoms with Crippen molar-refractivity contribution in [2.45, 2.75) is 26.8 Å². The summed E-state index contributed by atoms with van der Waals surface area (Å²) >= 11 is 0. The normalized spacial score (nSPS) is 12.2. The van der Waals surface area contributed by atoms with Gasteiger partial charge in [-0.15, -0.1) is 0 Å². The molecule has 170 valence electrons. The predicted molar refractivity (Wildman–Crippen MR) is 125 cm³/mol. The third kappa shape index (κ3) is 3.53. The van der Waals surface area contributed by atoms with Gasteiger partial charge in [-0.05, 0) is 56.7 Å². The van der Waals surface area contributed by atoms with Crippen LogP contribution in [0.3, 0.4) is 0 Å². The molecule has 5 rings (SSSR count). The largest absolute Gasteiger partial charge is 0.478 e. The van der Waals surface area contributed by atoms with Crippen LogP contribution in [0.1, 0.15) is 40.5 Å². The number of nitrogens with zero attached hydrogens (tertiary/aromatic N) is 4. The first-order valence-electron chi connectivity index (χ1n) is 10.7. The lowest BCUT2D eigenvalue weighted by atomic mass is 10.0. The molecule has 8 heteroatoms. The van der Waals surface area contributed by atoms with E-state index in [2.05, 4.69) is 10.1 Å². The molecular weight excluding hydrogens is 435 g/mol. The van der Waals surface area contributed by atoms with E-state index in [0.717, 1.165) is 28.0 Å². The molecule has 0 fully saturated rings. The van der Waals surface area contributed by atoms with Gasteiger partial charge in [0.25, 0.3) is 0 Å². The molecule has 0 aliphatic carbocycles. The van der Waals surface area contributed by atoms with E-state index in [1.54, 1.807) is 18.5 Å². The van der Waals surface area contributed by atoms with Crippen molar-refractivity contribution in [2.75, 3.05) is 0 Å². The second-order valence-corrected chi connectivity index (χ2v) is 8.17. The fourth-order valence-corrected chi connectivity index (χ4v) is 4.31. The third-order valence-electron chi connectivity index (χ3n) is 6.03.